The summed E-state index contributed by atoms with van der Waals surface area (Å²) in [5.74, 6) is -1.55. The molecule has 0 radical (unpaired) electrons. The molecule has 0 fully saturated rings. The summed E-state index contributed by atoms with van der Waals surface area (Å²) >= 11 is 0. The van der Waals surface area contributed by atoms with E-state index in [4.69, 9.17) is 0 Å². The van der Waals surface area contributed by atoms with E-state index < -0.39 is 28.9 Å². The molecule has 0 amide bonds. The number of hydrogen-bond donors (Lipinski definition) is 1. The van der Waals surface area contributed by atoms with Crippen molar-refractivity contribution in [3.63, 3.8) is 0 Å². The average molecular weight is 421 g/mol. The zero-order valence-corrected chi connectivity index (χ0v) is 16.4. The molecule has 0 spiro atoms. The first-order valence-electron chi connectivity index (χ1n) is 8.92. The molecule has 1 aromatic carbocycles. The Bertz CT molecular complexity index is 1020. The minimum Gasteiger partial charge on any atom is -0.406 e. The molecule has 9 heteroatoms. The second-order valence-electron chi connectivity index (χ2n) is 7.71. The Labute approximate surface area is 170 Å². The van der Waals surface area contributed by atoms with Gasteiger partial charge in [0.1, 0.15) is 23.5 Å². The lowest BCUT2D eigenvalue weighted by Crippen LogP contribution is -2.42. The summed E-state index contributed by atoms with van der Waals surface area (Å²) in [4.78, 5) is 12.2. The maximum absolute atomic E-state index is 14.4. The van der Waals surface area contributed by atoms with Gasteiger partial charge in [0, 0.05) is 46.8 Å². The third-order valence-electron chi connectivity index (χ3n) is 4.68. The van der Waals surface area contributed by atoms with E-state index in [1.807, 2.05) is 20.8 Å². The first kappa shape index (κ1) is 21.6. The van der Waals surface area contributed by atoms with Crippen LogP contribution >= 0.6 is 0 Å². The fourth-order valence-electron chi connectivity index (χ4n) is 3.15. The van der Waals surface area contributed by atoms with Crippen LogP contribution in [0.1, 0.15) is 32.0 Å². The third kappa shape index (κ3) is 4.25. The molecule has 3 rings (SSSR count). The van der Waals surface area contributed by atoms with Gasteiger partial charge in [0.25, 0.3) is 0 Å². The molecule has 0 aliphatic carbocycles. The van der Waals surface area contributed by atoms with Crippen molar-refractivity contribution in [2.75, 3.05) is 0 Å². The van der Waals surface area contributed by atoms with Crippen LogP contribution in [0.3, 0.4) is 0 Å². The summed E-state index contributed by atoms with van der Waals surface area (Å²) < 4.78 is 55.0. The molecule has 5 nitrogen and oxygen atoms in total. The molecule has 1 unspecified atom stereocenters. The van der Waals surface area contributed by atoms with Crippen LogP contribution in [0.2, 0.25) is 0 Å². The highest BCUT2D eigenvalue weighted by molar-refractivity contribution is 5.64. The maximum Gasteiger partial charge on any atom is 0.573 e. The van der Waals surface area contributed by atoms with Crippen molar-refractivity contribution in [3.05, 3.63) is 72.3 Å². The lowest BCUT2D eigenvalue weighted by Gasteiger charge is -2.39. The summed E-state index contributed by atoms with van der Waals surface area (Å²) in [6.45, 7) is 5.48. The molecule has 1 atom stereocenters. The average Bonchev–Trinajstić information content (AvgIpc) is 2.66. The van der Waals surface area contributed by atoms with Crippen LogP contribution in [-0.2, 0) is 5.60 Å². The predicted molar refractivity (Wildman–Crippen MR) is 101 cm³/mol. The normalized spacial score (nSPS) is 14.3. The van der Waals surface area contributed by atoms with Gasteiger partial charge >= 0.3 is 6.36 Å². The summed E-state index contributed by atoms with van der Waals surface area (Å²) in [6.07, 6.45) is 0.770. The fraction of sp³-hybridized carbons (Fsp3) is 0.286. The third-order valence-corrected chi connectivity index (χ3v) is 4.68. The lowest BCUT2D eigenvalue weighted by atomic mass is 9.70. The minimum atomic E-state index is -4.91. The second-order valence-corrected chi connectivity index (χ2v) is 7.71. The number of pyridine rings is 1. The molecule has 2 aromatic heterocycles. The van der Waals surface area contributed by atoms with Crippen LogP contribution in [0.25, 0.3) is 11.1 Å². The lowest BCUT2D eigenvalue weighted by molar-refractivity contribution is -0.274. The van der Waals surface area contributed by atoms with Gasteiger partial charge in [-0.3, -0.25) is 4.98 Å². The number of aliphatic hydroxyl groups is 1. The van der Waals surface area contributed by atoms with Crippen molar-refractivity contribution >= 4 is 0 Å². The maximum atomic E-state index is 14.4. The predicted octanol–water partition coefficient (Wildman–Crippen LogP) is 4.86. The molecule has 0 saturated heterocycles. The number of hydrogen-bond acceptors (Lipinski definition) is 5. The van der Waals surface area contributed by atoms with Gasteiger partial charge in [0.05, 0.1) is 5.69 Å². The van der Waals surface area contributed by atoms with Gasteiger partial charge in [-0.05, 0) is 18.2 Å². The molecule has 3 aromatic rings. The molecule has 1 N–H and O–H groups in total. The Morgan fingerprint density at radius 1 is 0.933 bits per heavy atom. The van der Waals surface area contributed by atoms with Gasteiger partial charge in [0.2, 0.25) is 0 Å². The van der Waals surface area contributed by atoms with Crippen LogP contribution in [0.4, 0.5) is 17.6 Å². The van der Waals surface area contributed by atoms with Crippen molar-refractivity contribution < 1.29 is 27.4 Å². The number of aromatic nitrogens is 3. The molecule has 2 heterocycles. The van der Waals surface area contributed by atoms with Gasteiger partial charge in [-0.2, -0.15) is 0 Å². The number of halogens is 4. The van der Waals surface area contributed by atoms with E-state index in [1.165, 1.54) is 43.1 Å². The van der Waals surface area contributed by atoms with E-state index in [-0.39, 0.29) is 5.56 Å². The van der Waals surface area contributed by atoms with Crippen LogP contribution < -0.4 is 4.74 Å². The van der Waals surface area contributed by atoms with E-state index in [0.717, 1.165) is 6.07 Å². The van der Waals surface area contributed by atoms with Crippen LogP contribution in [0.15, 0.2) is 55.2 Å². The van der Waals surface area contributed by atoms with Crippen molar-refractivity contribution in [2.45, 2.75) is 32.7 Å². The fourth-order valence-corrected chi connectivity index (χ4v) is 3.15. The first-order valence-corrected chi connectivity index (χ1v) is 8.92. The van der Waals surface area contributed by atoms with Crippen molar-refractivity contribution in [1.29, 1.82) is 0 Å². The van der Waals surface area contributed by atoms with Crippen LogP contribution in [-0.4, -0.2) is 26.4 Å². The van der Waals surface area contributed by atoms with Gasteiger partial charge in [-0.25, -0.2) is 14.4 Å². The summed E-state index contributed by atoms with van der Waals surface area (Å²) in [5.41, 5.74) is -1.10. The van der Waals surface area contributed by atoms with Gasteiger partial charge in [0.15, 0.2) is 0 Å². The van der Waals surface area contributed by atoms with Gasteiger partial charge < -0.3 is 9.84 Å². The Morgan fingerprint density at radius 3 is 2.10 bits per heavy atom. The Kier molecular flexibility index (Phi) is 5.51. The SMILES string of the molecule is CC(C)(C)C(O)(c1cncnc1)c1ccc(-c2ccc(OC(F)(F)F)cc2F)cn1. The summed E-state index contributed by atoms with van der Waals surface area (Å²) in [7, 11) is 0. The highest BCUT2D eigenvalue weighted by Gasteiger charge is 2.45. The van der Waals surface area contributed by atoms with E-state index in [9.17, 15) is 22.7 Å². The highest BCUT2D eigenvalue weighted by atomic mass is 19.4. The smallest absolute Gasteiger partial charge is 0.406 e. The molecule has 30 heavy (non-hydrogen) atoms. The van der Waals surface area contributed by atoms with Crippen molar-refractivity contribution in [2.24, 2.45) is 5.41 Å². The Hall–Kier alpha value is -3.07. The molecule has 0 bridgehead atoms. The monoisotopic (exact) mass is 421 g/mol. The van der Waals surface area contributed by atoms with E-state index in [0.29, 0.717) is 22.9 Å². The van der Waals surface area contributed by atoms with Crippen LogP contribution in [0.5, 0.6) is 5.75 Å². The molecule has 0 aliphatic rings. The largest absolute Gasteiger partial charge is 0.573 e. The van der Waals surface area contributed by atoms with E-state index >= 15 is 0 Å². The number of benzene rings is 1. The van der Waals surface area contributed by atoms with Gasteiger partial charge in [-0.15, -0.1) is 13.2 Å². The summed E-state index contributed by atoms with van der Waals surface area (Å²) in [5, 5.41) is 11.5. The molecular weight excluding hydrogens is 402 g/mol. The second kappa shape index (κ2) is 7.64. The van der Waals surface area contributed by atoms with Crippen molar-refractivity contribution in [1.82, 2.24) is 15.0 Å². The quantitative estimate of drug-likeness (QED) is 0.610. The zero-order valence-electron chi connectivity index (χ0n) is 16.4. The van der Waals surface area contributed by atoms with E-state index in [1.54, 1.807) is 0 Å². The molecule has 0 aliphatic heterocycles. The van der Waals surface area contributed by atoms with Crippen molar-refractivity contribution in [3.8, 4) is 16.9 Å². The summed E-state index contributed by atoms with van der Waals surface area (Å²) in [6, 6.07) is 5.92. The van der Waals surface area contributed by atoms with E-state index in [2.05, 4.69) is 19.7 Å². The number of alkyl halides is 3. The zero-order chi connectivity index (χ0) is 22.2. The molecule has 158 valence electrons. The Balaban J connectivity index is 1.98. The highest BCUT2D eigenvalue weighted by Crippen LogP contribution is 2.43. The molecular formula is C21H19F4N3O2. The standard InChI is InChI=1S/C21H19F4N3O2/c1-19(2,3)20(29,14-10-26-12-27-11-14)18-7-4-13(9-28-18)16-6-5-15(8-17(16)22)30-21(23,24)25/h4-12,29H,1-3H3. The number of rotatable bonds is 4. The topological polar surface area (TPSA) is 68.1 Å². The number of nitrogens with zero attached hydrogens (tertiary/aromatic N) is 3. The first-order chi connectivity index (χ1) is 13.9. The Morgan fingerprint density at radius 2 is 1.60 bits per heavy atom. The number of ether oxygens (including phenoxy) is 1. The molecule has 0 saturated carbocycles. The van der Waals surface area contributed by atoms with Gasteiger partial charge in [-0.1, -0.05) is 26.8 Å². The minimum absolute atomic E-state index is 0.0471. The van der Waals surface area contributed by atoms with Crippen LogP contribution in [0, 0.1) is 11.2 Å².